The Bertz CT molecular complexity index is 484. The van der Waals surface area contributed by atoms with Crippen LogP contribution < -0.4 is 5.32 Å². The minimum atomic E-state index is 0.302. The molecule has 0 fully saturated rings. The van der Waals surface area contributed by atoms with Crippen molar-refractivity contribution >= 4 is 11.3 Å². The lowest BCUT2D eigenvalue weighted by Crippen LogP contribution is -2.18. The molecule has 0 spiro atoms. The van der Waals surface area contributed by atoms with Crippen LogP contribution in [0.3, 0.4) is 0 Å². The van der Waals surface area contributed by atoms with Crippen LogP contribution in [-0.2, 0) is 6.54 Å². The van der Waals surface area contributed by atoms with Gasteiger partial charge in [-0.3, -0.25) is 0 Å². The predicted octanol–water partition coefficient (Wildman–Crippen LogP) is 2.91. The maximum absolute atomic E-state index is 5.14. The van der Waals surface area contributed by atoms with E-state index in [0.717, 1.165) is 29.3 Å². The van der Waals surface area contributed by atoms with Gasteiger partial charge in [-0.05, 0) is 27.7 Å². The van der Waals surface area contributed by atoms with Gasteiger partial charge in [-0.15, -0.1) is 11.3 Å². The van der Waals surface area contributed by atoms with E-state index in [1.54, 1.807) is 11.3 Å². The van der Waals surface area contributed by atoms with Gasteiger partial charge >= 0.3 is 0 Å². The Morgan fingerprint density at radius 3 is 2.65 bits per heavy atom. The smallest absolute Gasteiger partial charge is 0.138 e. The third kappa shape index (κ3) is 2.56. The summed E-state index contributed by atoms with van der Waals surface area (Å²) >= 11 is 1.69. The lowest BCUT2D eigenvalue weighted by molar-refractivity contribution is 0.391. The zero-order valence-corrected chi connectivity index (χ0v) is 11.4. The van der Waals surface area contributed by atoms with Crippen molar-refractivity contribution in [1.29, 1.82) is 0 Å². The molecule has 5 heteroatoms. The number of nitrogens with one attached hydrogen (secondary N) is 1. The highest BCUT2D eigenvalue weighted by molar-refractivity contribution is 7.09. The van der Waals surface area contributed by atoms with Crippen molar-refractivity contribution in [1.82, 2.24) is 15.5 Å². The molecular formula is C12H17N3OS. The molecule has 1 N–H and O–H groups in total. The maximum Gasteiger partial charge on any atom is 0.138 e. The van der Waals surface area contributed by atoms with Crippen molar-refractivity contribution in [2.75, 3.05) is 0 Å². The molecule has 2 aromatic heterocycles. The van der Waals surface area contributed by atoms with Gasteiger partial charge in [-0.25, -0.2) is 4.98 Å². The average Bonchev–Trinajstić information content (AvgIpc) is 2.84. The van der Waals surface area contributed by atoms with Crippen LogP contribution in [0.15, 0.2) is 10.0 Å². The van der Waals surface area contributed by atoms with Crippen molar-refractivity contribution in [2.45, 2.75) is 40.3 Å². The van der Waals surface area contributed by atoms with Gasteiger partial charge in [0.15, 0.2) is 0 Å². The molecule has 0 bridgehead atoms. The first-order valence-corrected chi connectivity index (χ1v) is 6.52. The van der Waals surface area contributed by atoms with Gasteiger partial charge in [-0.1, -0.05) is 5.16 Å². The van der Waals surface area contributed by atoms with Gasteiger partial charge in [0.25, 0.3) is 0 Å². The molecule has 2 rings (SSSR count). The number of hydrogen-bond donors (Lipinski definition) is 1. The molecular weight excluding hydrogens is 234 g/mol. The standard InChI is InChI=1S/C12H17N3OS/c1-7-11(10(4)16-15-7)5-13-8(2)12-9(3)14-6-17-12/h6,8,13H,5H2,1-4H3. The Kier molecular flexibility index (Phi) is 3.59. The molecule has 2 aromatic rings. The molecule has 0 aliphatic rings. The topological polar surface area (TPSA) is 51.0 Å². The number of aromatic nitrogens is 2. The fourth-order valence-corrected chi connectivity index (χ4v) is 2.66. The summed E-state index contributed by atoms with van der Waals surface area (Å²) in [5.41, 5.74) is 5.11. The van der Waals surface area contributed by atoms with Crippen LogP contribution in [0.1, 0.15) is 40.6 Å². The summed E-state index contributed by atoms with van der Waals surface area (Å²) in [5.74, 6) is 0.892. The first-order valence-electron chi connectivity index (χ1n) is 5.64. The zero-order chi connectivity index (χ0) is 12.4. The number of aryl methyl sites for hydroxylation is 3. The SMILES string of the molecule is Cc1ncsc1C(C)NCc1c(C)noc1C. The van der Waals surface area contributed by atoms with Crippen LogP contribution in [0.5, 0.6) is 0 Å². The zero-order valence-electron chi connectivity index (χ0n) is 10.6. The molecule has 0 radical (unpaired) electrons. The van der Waals surface area contributed by atoms with Crippen LogP contribution in [0.2, 0.25) is 0 Å². The monoisotopic (exact) mass is 251 g/mol. The lowest BCUT2D eigenvalue weighted by atomic mass is 10.2. The normalized spacial score (nSPS) is 12.9. The van der Waals surface area contributed by atoms with E-state index in [9.17, 15) is 0 Å². The fraction of sp³-hybridized carbons (Fsp3) is 0.500. The molecule has 2 heterocycles. The summed E-state index contributed by atoms with van der Waals surface area (Å²) in [6.07, 6.45) is 0. The summed E-state index contributed by atoms with van der Waals surface area (Å²) in [6, 6.07) is 0.302. The number of rotatable bonds is 4. The highest BCUT2D eigenvalue weighted by Crippen LogP contribution is 2.22. The molecule has 4 nitrogen and oxygen atoms in total. The van der Waals surface area contributed by atoms with E-state index >= 15 is 0 Å². The second-order valence-electron chi connectivity index (χ2n) is 4.21. The second-order valence-corrected chi connectivity index (χ2v) is 5.09. The molecule has 0 aliphatic heterocycles. The number of hydrogen-bond acceptors (Lipinski definition) is 5. The van der Waals surface area contributed by atoms with Crippen molar-refractivity contribution in [3.63, 3.8) is 0 Å². The van der Waals surface area contributed by atoms with Gasteiger partial charge in [0.1, 0.15) is 5.76 Å². The van der Waals surface area contributed by atoms with E-state index < -0.39 is 0 Å². The first kappa shape index (κ1) is 12.3. The summed E-state index contributed by atoms with van der Waals surface area (Å²) in [5, 5.41) is 7.43. The Morgan fingerprint density at radius 1 is 1.35 bits per heavy atom. The van der Waals surface area contributed by atoms with Gasteiger partial charge in [0.05, 0.1) is 16.9 Å². The summed E-state index contributed by atoms with van der Waals surface area (Å²) in [7, 11) is 0. The fourth-order valence-electron chi connectivity index (χ4n) is 1.83. The lowest BCUT2D eigenvalue weighted by Gasteiger charge is -2.12. The van der Waals surface area contributed by atoms with Gasteiger partial charge in [-0.2, -0.15) is 0 Å². The third-order valence-electron chi connectivity index (χ3n) is 2.94. The quantitative estimate of drug-likeness (QED) is 0.907. The minimum Gasteiger partial charge on any atom is -0.361 e. The molecule has 1 unspecified atom stereocenters. The number of nitrogens with zero attached hydrogens (tertiary/aromatic N) is 2. The van der Waals surface area contributed by atoms with E-state index in [-0.39, 0.29) is 0 Å². The third-order valence-corrected chi connectivity index (χ3v) is 4.06. The van der Waals surface area contributed by atoms with Crippen LogP contribution in [-0.4, -0.2) is 10.1 Å². The molecule has 0 saturated heterocycles. The van der Waals surface area contributed by atoms with Crippen molar-refractivity contribution in [2.24, 2.45) is 0 Å². The summed E-state index contributed by atoms with van der Waals surface area (Å²) in [6.45, 7) is 8.88. The number of thiazole rings is 1. The van der Waals surface area contributed by atoms with Crippen LogP contribution in [0.4, 0.5) is 0 Å². The molecule has 0 aliphatic carbocycles. The Labute approximate surface area is 105 Å². The highest BCUT2D eigenvalue weighted by Gasteiger charge is 2.13. The Hall–Kier alpha value is -1.20. The van der Waals surface area contributed by atoms with E-state index in [2.05, 4.69) is 22.4 Å². The van der Waals surface area contributed by atoms with Crippen molar-refractivity contribution < 1.29 is 4.52 Å². The Balaban J connectivity index is 2.02. The molecule has 0 saturated carbocycles. The Morgan fingerprint density at radius 2 is 2.12 bits per heavy atom. The van der Waals surface area contributed by atoms with Crippen LogP contribution >= 0.6 is 11.3 Å². The molecule has 17 heavy (non-hydrogen) atoms. The first-order chi connectivity index (χ1) is 8.09. The minimum absolute atomic E-state index is 0.302. The van der Waals surface area contributed by atoms with E-state index in [1.807, 2.05) is 26.3 Å². The van der Waals surface area contributed by atoms with E-state index in [0.29, 0.717) is 6.04 Å². The summed E-state index contributed by atoms with van der Waals surface area (Å²) < 4.78 is 5.14. The van der Waals surface area contributed by atoms with E-state index in [4.69, 9.17) is 4.52 Å². The van der Waals surface area contributed by atoms with Gasteiger partial charge in [0.2, 0.25) is 0 Å². The van der Waals surface area contributed by atoms with Gasteiger partial charge < -0.3 is 9.84 Å². The second kappa shape index (κ2) is 4.98. The van der Waals surface area contributed by atoms with E-state index in [1.165, 1.54) is 4.88 Å². The largest absolute Gasteiger partial charge is 0.361 e. The summed E-state index contributed by atoms with van der Waals surface area (Å²) in [4.78, 5) is 5.55. The molecule has 1 atom stereocenters. The predicted molar refractivity (Wildman–Crippen MR) is 68.1 cm³/mol. The van der Waals surface area contributed by atoms with Crippen LogP contribution in [0.25, 0.3) is 0 Å². The van der Waals surface area contributed by atoms with Crippen LogP contribution in [0, 0.1) is 20.8 Å². The molecule has 0 amide bonds. The highest BCUT2D eigenvalue weighted by atomic mass is 32.1. The average molecular weight is 251 g/mol. The van der Waals surface area contributed by atoms with Crippen molar-refractivity contribution in [3.8, 4) is 0 Å². The van der Waals surface area contributed by atoms with Crippen molar-refractivity contribution in [3.05, 3.63) is 33.1 Å². The van der Waals surface area contributed by atoms with Gasteiger partial charge in [0, 0.05) is 23.0 Å². The maximum atomic E-state index is 5.14. The molecule has 0 aromatic carbocycles. The molecule has 92 valence electrons.